The lowest BCUT2D eigenvalue weighted by molar-refractivity contribution is 0.168. The predicted octanol–water partition coefficient (Wildman–Crippen LogP) is 2.21. The molecular weight excluding hydrogens is 210 g/mol. The predicted molar refractivity (Wildman–Crippen MR) is 61.3 cm³/mol. The molecule has 3 fully saturated rings. The first kappa shape index (κ1) is 8.72. The van der Waals surface area contributed by atoms with E-state index in [1.54, 1.807) is 0 Å². The molecule has 1 saturated heterocycles. The Morgan fingerprint density at radius 3 is 3.12 bits per heavy atom. The largest absolute Gasteiger partial charge is 0.380 e. The lowest BCUT2D eigenvalue weighted by Gasteiger charge is -2.18. The molecular formula is C15H13NO. The molecule has 5 atom stereocenters. The van der Waals surface area contributed by atoms with E-state index in [1.807, 2.05) is 0 Å². The number of fused-ring (bicyclic) bond motifs is 3. The molecule has 2 nitrogen and oxygen atoms in total. The summed E-state index contributed by atoms with van der Waals surface area (Å²) in [6, 6.07) is 11.3. The monoisotopic (exact) mass is 223 g/mol. The Hall–Kier alpha value is -1.33. The van der Waals surface area contributed by atoms with E-state index in [1.165, 1.54) is 17.5 Å². The van der Waals surface area contributed by atoms with Crippen LogP contribution in [0.4, 0.5) is 0 Å². The second-order valence-corrected chi connectivity index (χ2v) is 6.08. The summed E-state index contributed by atoms with van der Waals surface area (Å²) in [6.07, 6.45) is 1.24. The van der Waals surface area contributed by atoms with E-state index in [0.717, 1.165) is 13.2 Å². The van der Waals surface area contributed by atoms with Crippen LogP contribution < -0.4 is 0 Å². The zero-order valence-electron chi connectivity index (χ0n) is 9.52. The molecule has 2 saturated carbocycles. The van der Waals surface area contributed by atoms with Crippen LogP contribution in [-0.4, -0.2) is 13.2 Å². The SMILES string of the molecule is N#C[C@]12c3ccccc3[C@H]3C[C@@H]4COCC41[C@H]32. The zero-order chi connectivity index (χ0) is 11.3. The highest BCUT2D eigenvalue weighted by molar-refractivity contribution is 5.63. The summed E-state index contributed by atoms with van der Waals surface area (Å²) in [5.41, 5.74) is 2.79. The summed E-state index contributed by atoms with van der Waals surface area (Å²) in [5.74, 6) is 1.83. The van der Waals surface area contributed by atoms with E-state index >= 15 is 0 Å². The van der Waals surface area contributed by atoms with E-state index in [4.69, 9.17) is 4.74 Å². The number of rotatable bonds is 0. The summed E-state index contributed by atoms with van der Waals surface area (Å²) >= 11 is 0. The van der Waals surface area contributed by atoms with Crippen LogP contribution in [-0.2, 0) is 10.2 Å². The highest BCUT2D eigenvalue weighted by atomic mass is 16.5. The van der Waals surface area contributed by atoms with Crippen molar-refractivity contribution in [3.63, 3.8) is 0 Å². The smallest absolute Gasteiger partial charge is 0.0950 e. The third-order valence-corrected chi connectivity index (χ3v) is 5.96. The van der Waals surface area contributed by atoms with Gasteiger partial charge >= 0.3 is 0 Å². The van der Waals surface area contributed by atoms with Crippen molar-refractivity contribution in [3.05, 3.63) is 35.4 Å². The lowest BCUT2D eigenvalue weighted by atomic mass is 9.81. The van der Waals surface area contributed by atoms with Gasteiger partial charge in [-0.15, -0.1) is 0 Å². The van der Waals surface area contributed by atoms with E-state index in [-0.39, 0.29) is 10.8 Å². The molecule has 84 valence electrons. The standard InChI is InChI=1S/C15H13NO/c16-7-14-12-4-2-1-3-10(12)11-5-9-6-17-8-15(9,14)13(11)14/h1-4,9,11,13H,5-6,8H2/t9-,11-,13-,14-,15?/m1/s1. The van der Waals surface area contributed by atoms with Gasteiger partial charge in [0.2, 0.25) is 0 Å². The van der Waals surface area contributed by atoms with Crippen molar-refractivity contribution in [1.29, 1.82) is 5.26 Å². The first-order valence-electron chi connectivity index (χ1n) is 6.44. The van der Waals surface area contributed by atoms with Gasteiger partial charge in [0.15, 0.2) is 0 Å². The minimum Gasteiger partial charge on any atom is -0.380 e. The van der Waals surface area contributed by atoms with Crippen LogP contribution in [0.15, 0.2) is 24.3 Å². The van der Waals surface area contributed by atoms with Crippen molar-refractivity contribution in [1.82, 2.24) is 0 Å². The third kappa shape index (κ3) is 0.600. The van der Waals surface area contributed by atoms with Gasteiger partial charge in [-0.25, -0.2) is 0 Å². The Morgan fingerprint density at radius 1 is 1.35 bits per heavy atom. The Balaban J connectivity index is 1.85. The molecule has 5 rings (SSSR count). The van der Waals surface area contributed by atoms with Gasteiger partial charge in [-0.1, -0.05) is 24.3 Å². The van der Waals surface area contributed by atoms with Gasteiger partial charge in [0.1, 0.15) is 0 Å². The molecule has 0 radical (unpaired) electrons. The van der Waals surface area contributed by atoms with Gasteiger partial charge in [-0.05, 0) is 35.3 Å². The van der Waals surface area contributed by atoms with Gasteiger partial charge < -0.3 is 4.74 Å². The molecule has 17 heavy (non-hydrogen) atoms. The van der Waals surface area contributed by atoms with Crippen molar-refractivity contribution in [2.75, 3.05) is 13.2 Å². The normalized spacial score (nSPS) is 51.6. The average Bonchev–Trinajstić information content (AvgIpc) is 2.68. The quantitative estimate of drug-likeness (QED) is 0.675. The van der Waals surface area contributed by atoms with Gasteiger partial charge in [-0.2, -0.15) is 5.26 Å². The van der Waals surface area contributed by atoms with Crippen molar-refractivity contribution >= 4 is 0 Å². The molecule has 1 spiro atoms. The molecule has 1 unspecified atom stereocenters. The molecule has 0 aromatic heterocycles. The zero-order valence-corrected chi connectivity index (χ0v) is 9.52. The molecule has 0 bridgehead atoms. The maximum absolute atomic E-state index is 9.77. The molecule has 0 amide bonds. The molecule has 0 N–H and O–H groups in total. The van der Waals surface area contributed by atoms with E-state index < -0.39 is 0 Å². The van der Waals surface area contributed by atoms with Crippen LogP contribution >= 0.6 is 0 Å². The van der Waals surface area contributed by atoms with Gasteiger partial charge in [-0.3, -0.25) is 0 Å². The van der Waals surface area contributed by atoms with Crippen molar-refractivity contribution < 1.29 is 4.74 Å². The third-order valence-electron chi connectivity index (χ3n) is 5.96. The number of nitriles is 1. The summed E-state index contributed by atoms with van der Waals surface area (Å²) in [7, 11) is 0. The molecule has 1 aromatic rings. The Morgan fingerprint density at radius 2 is 2.24 bits per heavy atom. The van der Waals surface area contributed by atoms with E-state index in [0.29, 0.717) is 17.8 Å². The minimum atomic E-state index is -0.187. The fourth-order valence-corrected chi connectivity index (χ4v) is 5.52. The number of nitrogens with zero attached hydrogens (tertiary/aromatic N) is 1. The summed E-state index contributed by atoms with van der Waals surface area (Å²) < 4.78 is 5.70. The van der Waals surface area contributed by atoms with Crippen LogP contribution in [0.2, 0.25) is 0 Å². The fourth-order valence-electron chi connectivity index (χ4n) is 5.52. The number of hydrogen-bond acceptors (Lipinski definition) is 2. The molecule has 2 heteroatoms. The van der Waals surface area contributed by atoms with Crippen LogP contribution in [0.5, 0.6) is 0 Å². The molecule has 1 aromatic carbocycles. The number of ether oxygens (including phenoxy) is 1. The van der Waals surface area contributed by atoms with E-state index in [9.17, 15) is 5.26 Å². The number of benzene rings is 1. The molecule has 1 aliphatic heterocycles. The van der Waals surface area contributed by atoms with Gasteiger partial charge in [0, 0.05) is 5.41 Å². The minimum absolute atomic E-state index is 0.187. The lowest BCUT2D eigenvalue weighted by Crippen LogP contribution is -2.22. The Bertz CT molecular complexity index is 589. The maximum Gasteiger partial charge on any atom is 0.0950 e. The molecule has 1 heterocycles. The maximum atomic E-state index is 9.77. The molecule has 4 aliphatic rings. The Kier molecular flexibility index (Phi) is 1.17. The van der Waals surface area contributed by atoms with Crippen molar-refractivity contribution in [2.24, 2.45) is 17.3 Å². The first-order chi connectivity index (χ1) is 8.36. The first-order valence-corrected chi connectivity index (χ1v) is 6.44. The summed E-state index contributed by atoms with van der Waals surface area (Å²) in [6.45, 7) is 1.70. The van der Waals surface area contributed by atoms with Crippen molar-refractivity contribution in [2.45, 2.75) is 17.8 Å². The van der Waals surface area contributed by atoms with Crippen LogP contribution in [0.1, 0.15) is 23.5 Å². The van der Waals surface area contributed by atoms with Gasteiger partial charge in [0.25, 0.3) is 0 Å². The highest BCUT2D eigenvalue weighted by Gasteiger charge is 2.89. The number of hydrogen-bond donors (Lipinski definition) is 0. The molecule has 3 aliphatic carbocycles. The Labute approximate surface area is 100 Å². The average molecular weight is 223 g/mol. The van der Waals surface area contributed by atoms with Crippen molar-refractivity contribution in [3.8, 4) is 6.07 Å². The highest BCUT2D eigenvalue weighted by Crippen LogP contribution is 2.87. The second-order valence-electron chi connectivity index (χ2n) is 6.08. The van der Waals surface area contributed by atoms with Gasteiger partial charge in [0.05, 0.1) is 24.7 Å². The summed E-state index contributed by atoms with van der Waals surface area (Å²) in [4.78, 5) is 0. The topological polar surface area (TPSA) is 33.0 Å². The summed E-state index contributed by atoms with van der Waals surface area (Å²) in [5, 5.41) is 9.77. The van der Waals surface area contributed by atoms with E-state index in [2.05, 4.69) is 30.3 Å². The van der Waals surface area contributed by atoms with Crippen LogP contribution in [0.3, 0.4) is 0 Å². The second kappa shape index (κ2) is 2.28. The van der Waals surface area contributed by atoms with Crippen LogP contribution in [0.25, 0.3) is 0 Å². The van der Waals surface area contributed by atoms with Crippen LogP contribution in [0, 0.1) is 28.6 Å². The fraction of sp³-hybridized carbons (Fsp3) is 0.533.